The molecule has 0 aliphatic carbocycles. The van der Waals surface area contributed by atoms with E-state index >= 15 is 0 Å². The molecule has 1 amide bonds. The first-order valence-corrected chi connectivity index (χ1v) is 5.35. The summed E-state index contributed by atoms with van der Waals surface area (Å²) in [6.45, 7) is 5.98. The number of carbonyl (C=O) groups excluding carboxylic acids is 1. The zero-order valence-electron chi connectivity index (χ0n) is 9.03. The van der Waals surface area contributed by atoms with Crippen LogP contribution in [0.5, 0.6) is 0 Å². The highest BCUT2D eigenvalue weighted by atomic mass is 16.5. The molecular weight excluding hydrogens is 180 g/mol. The summed E-state index contributed by atoms with van der Waals surface area (Å²) in [4.78, 5) is 13.6. The van der Waals surface area contributed by atoms with Crippen LogP contribution in [0.25, 0.3) is 0 Å². The van der Waals surface area contributed by atoms with Crippen LogP contribution in [0.1, 0.15) is 26.7 Å². The van der Waals surface area contributed by atoms with Crippen molar-refractivity contribution in [3.05, 3.63) is 0 Å². The molecule has 1 fully saturated rings. The van der Waals surface area contributed by atoms with Gasteiger partial charge in [-0.15, -0.1) is 0 Å². The van der Waals surface area contributed by atoms with Gasteiger partial charge in [0.2, 0.25) is 0 Å². The highest BCUT2D eigenvalue weighted by Gasteiger charge is 2.27. The number of hydrogen-bond donors (Lipinski definition) is 1. The van der Waals surface area contributed by atoms with Gasteiger partial charge in [0.1, 0.15) is 6.10 Å². The minimum Gasteiger partial charge on any atom is -0.367 e. The molecule has 1 aliphatic rings. The fourth-order valence-electron chi connectivity index (χ4n) is 1.71. The molecule has 0 spiro atoms. The van der Waals surface area contributed by atoms with E-state index in [0.717, 1.165) is 25.9 Å². The molecule has 4 heteroatoms. The predicted octanol–water partition coefficient (Wildman–Crippen LogP) is 0.361. The Hall–Kier alpha value is -0.610. The summed E-state index contributed by atoms with van der Waals surface area (Å²) in [6.07, 6.45) is 1.39. The maximum atomic E-state index is 11.8. The van der Waals surface area contributed by atoms with Crippen molar-refractivity contribution < 1.29 is 9.53 Å². The Morgan fingerprint density at radius 2 is 2.07 bits per heavy atom. The second kappa shape index (κ2) is 5.32. The molecule has 2 atom stereocenters. The normalized spacial score (nSPS) is 27.4. The van der Waals surface area contributed by atoms with E-state index in [-0.39, 0.29) is 18.1 Å². The highest BCUT2D eigenvalue weighted by molar-refractivity contribution is 5.81. The van der Waals surface area contributed by atoms with Crippen molar-refractivity contribution in [2.24, 2.45) is 5.73 Å². The van der Waals surface area contributed by atoms with Crippen molar-refractivity contribution in [1.29, 1.82) is 0 Å². The van der Waals surface area contributed by atoms with E-state index in [9.17, 15) is 4.79 Å². The molecule has 0 radical (unpaired) electrons. The van der Waals surface area contributed by atoms with Gasteiger partial charge in [0.25, 0.3) is 5.91 Å². The SMILES string of the molecule is CCN(CC)C(=O)[C@@H]1CCC(N)CO1. The topological polar surface area (TPSA) is 55.6 Å². The molecule has 1 unspecified atom stereocenters. The molecule has 1 heterocycles. The Labute approximate surface area is 85.4 Å². The van der Waals surface area contributed by atoms with Crippen molar-refractivity contribution >= 4 is 5.91 Å². The maximum Gasteiger partial charge on any atom is 0.251 e. The standard InChI is InChI=1S/C10H20N2O2/c1-3-12(4-2)10(13)9-6-5-8(11)7-14-9/h8-9H,3-7,11H2,1-2H3/t8?,9-/m0/s1. The average molecular weight is 200 g/mol. The third-order valence-electron chi connectivity index (χ3n) is 2.66. The average Bonchev–Trinajstić information content (AvgIpc) is 2.20. The van der Waals surface area contributed by atoms with Gasteiger partial charge in [-0.05, 0) is 26.7 Å². The fourth-order valence-corrected chi connectivity index (χ4v) is 1.71. The van der Waals surface area contributed by atoms with Crippen LogP contribution in [-0.4, -0.2) is 42.6 Å². The zero-order valence-corrected chi connectivity index (χ0v) is 9.03. The number of nitrogens with zero attached hydrogens (tertiary/aromatic N) is 1. The van der Waals surface area contributed by atoms with Crippen LogP contribution in [0.4, 0.5) is 0 Å². The van der Waals surface area contributed by atoms with Gasteiger partial charge in [-0.1, -0.05) is 0 Å². The Bertz CT molecular complexity index is 185. The summed E-state index contributed by atoms with van der Waals surface area (Å²) < 4.78 is 5.42. The predicted molar refractivity (Wildman–Crippen MR) is 54.9 cm³/mol. The van der Waals surface area contributed by atoms with Gasteiger partial charge in [0.15, 0.2) is 0 Å². The van der Waals surface area contributed by atoms with Crippen LogP contribution in [0.15, 0.2) is 0 Å². The number of rotatable bonds is 3. The number of hydrogen-bond acceptors (Lipinski definition) is 3. The first kappa shape index (κ1) is 11.5. The molecule has 0 aromatic heterocycles. The van der Waals surface area contributed by atoms with Gasteiger partial charge >= 0.3 is 0 Å². The minimum absolute atomic E-state index is 0.107. The molecular formula is C10H20N2O2. The second-order valence-corrected chi connectivity index (χ2v) is 3.67. The summed E-state index contributed by atoms with van der Waals surface area (Å²) >= 11 is 0. The number of likely N-dealkylation sites (N-methyl/N-ethyl adjacent to an activating group) is 1. The van der Waals surface area contributed by atoms with Crippen LogP contribution in [0.2, 0.25) is 0 Å². The minimum atomic E-state index is -0.255. The van der Waals surface area contributed by atoms with E-state index in [0.29, 0.717) is 6.61 Å². The van der Waals surface area contributed by atoms with Crippen LogP contribution >= 0.6 is 0 Å². The number of ether oxygens (including phenoxy) is 1. The smallest absolute Gasteiger partial charge is 0.251 e. The molecule has 0 aromatic carbocycles. The van der Waals surface area contributed by atoms with Gasteiger partial charge in [-0.3, -0.25) is 4.79 Å². The maximum absolute atomic E-state index is 11.8. The highest BCUT2D eigenvalue weighted by Crippen LogP contribution is 2.14. The molecule has 1 rings (SSSR count). The van der Waals surface area contributed by atoms with Crippen molar-refractivity contribution in [3.63, 3.8) is 0 Å². The first-order valence-electron chi connectivity index (χ1n) is 5.35. The van der Waals surface area contributed by atoms with E-state index in [2.05, 4.69) is 0 Å². The molecule has 0 saturated carbocycles. The quantitative estimate of drug-likeness (QED) is 0.715. The van der Waals surface area contributed by atoms with Crippen LogP contribution in [0.3, 0.4) is 0 Å². The lowest BCUT2D eigenvalue weighted by molar-refractivity contribution is -0.146. The molecule has 14 heavy (non-hydrogen) atoms. The first-order chi connectivity index (χ1) is 6.69. The second-order valence-electron chi connectivity index (χ2n) is 3.67. The zero-order chi connectivity index (χ0) is 10.6. The molecule has 0 aromatic rings. The van der Waals surface area contributed by atoms with Crippen LogP contribution < -0.4 is 5.73 Å². The Morgan fingerprint density at radius 3 is 2.50 bits per heavy atom. The molecule has 82 valence electrons. The summed E-state index contributed by atoms with van der Waals surface area (Å²) in [6, 6.07) is 0.107. The van der Waals surface area contributed by atoms with Crippen molar-refractivity contribution in [2.75, 3.05) is 19.7 Å². The van der Waals surface area contributed by atoms with Crippen LogP contribution in [0, 0.1) is 0 Å². The monoisotopic (exact) mass is 200 g/mol. The lowest BCUT2D eigenvalue weighted by atomic mass is 10.0. The molecule has 0 bridgehead atoms. The Kier molecular flexibility index (Phi) is 4.35. The lowest BCUT2D eigenvalue weighted by Gasteiger charge is -2.30. The summed E-state index contributed by atoms with van der Waals surface area (Å²) in [7, 11) is 0. The Balaban J connectivity index is 2.44. The van der Waals surface area contributed by atoms with Gasteiger partial charge < -0.3 is 15.4 Å². The van der Waals surface area contributed by atoms with Crippen molar-refractivity contribution in [2.45, 2.75) is 38.8 Å². The van der Waals surface area contributed by atoms with Gasteiger partial charge in [-0.25, -0.2) is 0 Å². The van der Waals surface area contributed by atoms with Gasteiger partial charge in [0.05, 0.1) is 6.61 Å². The lowest BCUT2D eigenvalue weighted by Crippen LogP contribution is -2.45. The number of carbonyl (C=O) groups is 1. The van der Waals surface area contributed by atoms with E-state index in [4.69, 9.17) is 10.5 Å². The molecule has 4 nitrogen and oxygen atoms in total. The molecule has 1 saturated heterocycles. The number of nitrogens with two attached hydrogens (primary N) is 1. The Morgan fingerprint density at radius 1 is 1.43 bits per heavy atom. The van der Waals surface area contributed by atoms with Gasteiger partial charge in [-0.2, -0.15) is 0 Å². The van der Waals surface area contributed by atoms with E-state index < -0.39 is 0 Å². The summed E-state index contributed by atoms with van der Waals surface area (Å²) in [5.74, 6) is 0.113. The van der Waals surface area contributed by atoms with Crippen molar-refractivity contribution in [1.82, 2.24) is 4.90 Å². The van der Waals surface area contributed by atoms with Crippen LogP contribution in [-0.2, 0) is 9.53 Å². The third-order valence-corrected chi connectivity index (χ3v) is 2.66. The summed E-state index contributed by atoms with van der Waals surface area (Å²) in [5, 5.41) is 0. The number of amides is 1. The molecule has 1 aliphatic heterocycles. The van der Waals surface area contributed by atoms with E-state index in [1.807, 2.05) is 18.7 Å². The van der Waals surface area contributed by atoms with Gasteiger partial charge in [0, 0.05) is 19.1 Å². The van der Waals surface area contributed by atoms with Crippen molar-refractivity contribution in [3.8, 4) is 0 Å². The summed E-state index contributed by atoms with van der Waals surface area (Å²) in [5.41, 5.74) is 5.69. The third kappa shape index (κ3) is 2.69. The largest absolute Gasteiger partial charge is 0.367 e. The van der Waals surface area contributed by atoms with E-state index in [1.54, 1.807) is 0 Å². The fraction of sp³-hybridized carbons (Fsp3) is 0.900. The van der Waals surface area contributed by atoms with E-state index in [1.165, 1.54) is 0 Å². The molecule has 2 N–H and O–H groups in total.